The molecule has 0 spiro atoms. The number of hydrogen-bond donors (Lipinski definition) is 2. The molecule has 4 aromatic carbocycles. The Hall–Kier alpha value is -3.50. The van der Waals surface area contributed by atoms with Gasteiger partial charge >= 0.3 is 0 Å². The molecule has 0 amide bonds. The second kappa shape index (κ2) is 17.1. The van der Waals surface area contributed by atoms with E-state index in [2.05, 4.69) is 0 Å². The summed E-state index contributed by atoms with van der Waals surface area (Å²) in [6.07, 6.45) is -4.75. The number of rotatable bonds is 17. The van der Waals surface area contributed by atoms with Crippen LogP contribution in [0.25, 0.3) is 0 Å². The van der Waals surface area contributed by atoms with Crippen molar-refractivity contribution in [2.75, 3.05) is 13.2 Å². The quantitative estimate of drug-likeness (QED) is 0.149. The molecule has 0 fully saturated rings. The van der Waals surface area contributed by atoms with Gasteiger partial charge in [-0.2, -0.15) is 0 Å². The van der Waals surface area contributed by atoms with E-state index >= 15 is 0 Å². The first-order valence-electron chi connectivity index (χ1n) is 14.6. The van der Waals surface area contributed by atoms with Gasteiger partial charge in [0.1, 0.15) is 36.1 Å². The lowest BCUT2D eigenvalue weighted by molar-refractivity contribution is -0.170. The van der Waals surface area contributed by atoms with Crippen LogP contribution < -0.4 is 0 Å². The van der Waals surface area contributed by atoms with E-state index < -0.39 is 24.4 Å². The van der Waals surface area contributed by atoms with Crippen LogP contribution in [0.3, 0.4) is 0 Å². The van der Waals surface area contributed by atoms with Gasteiger partial charge in [-0.3, -0.25) is 0 Å². The molecule has 44 heavy (non-hydrogen) atoms. The van der Waals surface area contributed by atoms with Crippen LogP contribution >= 0.6 is 0 Å². The van der Waals surface area contributed by atoms with Crippen LogP contribution in [0.15, 0.2) is 97.1 Å². The van der Waals surface area contributed by atoms with Gasteiger partial charge in [-0.05, 0) is 71.5 Å². The molecule has 0 radical (unpaired) electrons. The highest BCUT2D eigenvalue weighted by atomic mass is 19.1. The standard InChI is InChI=1S/C36H40F2O6/c1-25-7-3-5-9-29(25)21-41-23-33(43-19-27-11-15-31(37)16-12-27)35(39)36(40)34(44-20-28-13-17-32(38)18-14-28)24-42-22-30-10-6-4-8-26(30)2/h3-18,33-36,39-40H,19-24H2,1-2H3/t33-,34-,35-,36-/m1/s1. The topological polar surface area (TPSA) is 77.4 Å². The maximum Gasteiger partial charge on any atom is 0.123 e. The van der Waals surface area contributed by atoms with Crippen molar-refractivity contribution in [2.24, 2.45) is 0 Å². The van der Waals surface area contributed by atoms with E-state index in [1.54, 1.807) is 24.3 Å². The van der Waals surface area contributed by atoms with E-state index in [-0.39, 0.29) is 51.3 Å². The second-order valence-corrected chi connectivity index (χ2v) is 10.8. The zero-order valence-electron chi connectivity index (χ0n) is 25.1. The number of aliphatic hydroxyl groups is 2. The Morgan fingerprint density at radius 3 is 1.25 bits per heavy atom. The maximum atomic E-state index is 13.4. The predicted molar refractivity (Wildman–Crippen MR) is 164 cm³/mol. The first-order chi connectivity index (χ1) is 21.3. The van der Waals surface area contributed by atoms with Crippen LogP contribution in [0.5, 0.6) is 0 Å². The molecular formula is C36H40F2O6. The minimum absolute atomic E-state index is 0.0253. The minimum atomic E-state index is -1.42. The average molecular weight is 607 g/mol. The Kier molecular flexibility index (Phi) is 13.0. The highest BCUT2D eigenvalue weighted by molar-refractivity contribution is 5.25. The Balaban J connectivity index is 1.46. The van der Waals surface area contributed by atoms with Gasteiger partial charge in [-0.25, -0.2) is 8.78 Å². The van der Waals surface area contributed by atoms with Gasteiger partial charge in [0.15, 0.2) is 0 Å². The second-order valence-electron chi connectivity index (χ2n) is 10.8. The summed E-state index contributed by atoms with van der Waals surface area (Å²) in [5.74, 6) is -0.733. The molecule has 0 bridgehead atoms. The van der Waals surface area contributed by atoms with E-state index in [0.717, 1.165) is 22.3 Å². The molecule has 0 aliphatic heterocycles. The van der Waals surface area contributed by atoms with Crippen LogP contribution in [0.1, 0.15) is 33.4 Å². The molecule has 0 heterocycles. The summed E-state index contributed by atoms with van der Waals surface area (Å²) >= 11 is 0. The normalized spacial score (nSPS) is 14.2. The van der Waals surface area contributed by atoms with E-state index in [4.69, 9.17) is 18.9 Å². The van der Waals surface area contributed by atoms with Gasteiger partial charge in [-0.15, -0.1) is 0 Å². The number of ether oxygens (including phenoxy) is 4. The third-order valence-corrected chi connectivity index (χ3v) is 7.47. The third kappa shape index (κ3) is 10.3. The van der Waals surface area contributed by atoms with Crippen LogP contribution in [-0.4, -0.2) is 47.8 Å². The van der Waals surface area contributed by atoms with Crippen LogP contribution in [-0.2, 0) is 45.4 Å². The number of benzene rings is 4. The number of halogens is 2. The number of hydrogen-bond acceptors (Lipinski definition) is 6. The van der Waals surface area contributed by atoms with Gasteiger partial charge in [0.05, 0.1) is 39.6 Å². The lowest BCUT2D eigenvalue weighted by Crippen LogP contribution is -2.49. The molecule has 0 unspecified atom stereocenters. The Labute approximate surface area is 257 Å². The molecule has 0 aromatic heterocycles. The van der Waals surface area contributed by atoms with E-state index in [1.165, 1.54) is 24.3 Å². The predicted octanol–water partition coefficient (Wildman–Crippen LogP) is 6.21. The molecule has 4 rings (SSSR count). The fourth-order valence-corrected chi connectivity index (χ4v) is 4.61. The maximum absolute atomic E-state index is 13.4. The molecule has 234 valence electrons. The van der Waals surface area contributed by atoms with E-state index in [0.29, 0.717) is 11.1 Å². The van der Waals surface area contributed by atoms with Crippen molar-refractivity contribution in [1.82, 2.24) is 0 Å². The molecular weight excluding hydrogens is 566 g/mol. The van der Waals surface area contributed by atoms with Crippen molar-refractivity contribution in [1.29, 1.82) is 0 Å². The Bertz CT molecular complexity index is 1300. The van der Waals surface area contributed by atoms with Crippen LogP contribution in [0.2, 0.25) is 0 Å². The van der Waals surface area contributed by atoms with E-state index in [9.17, 15) is 19.0 Å². The van der Waals surface area contributed by atoms with Crippen molar-refractivity contribution >= 4 is 0 Å². The summed E-state index contributed by atoms with van der Waals surface area (Å²) in [6, 6.07) is 27.3. The lowest BCUT2D eigenvalue weighted by Gasteiger charge is -2.32. The van der Waals surface area contributed by atoms with Gasteiger partial charge in [0, 0.05) is 0 Å². The molecule has 2 N–H and O–H groups in total. The summed E-state index contributed by atoms with van der Waals surface area (Å²) in [5.41, 5.74) is 5.51. The van der Waals surface area contributed by atoms with Crippen molar-refractivity contribution in [3.63, 3.8) is 0 Å². The van der Waals surface area contributed by atoms with Crippen molar-refractivity contribution in [2.45, 2.75) is 64.7 Å². The summed E-state index contributed by atoms with van der Waals surface area (Å²) in [6.45, 7) is 4.62. The van der Waals surface area contributed by atoms with Crippen LogP contribution in [0, 0.1) is 25.5 Å². The Morgan fingerprint density at radius 1 is 0.523 bits per heavy atom. The first-order valence-corrected chi connectivity index (χ1v) is 14.6. The number of aryl methyl sites for hydroxylation is 2. The monoisotopic (exact) mass is 606 g/mol. The summed E-state index contributed by atoms with van der Waals surface area (Å²) in [7, 11) is 0. The fraction of sp³-hybridized carbons (Fsp3) is 0.333. The molecule has 4 atom stereocenters. The summed E-state index contributed by atoms with van der Waals surface area (Å²) in [5, 5.41) is 22.8. The molecule has 0 saturated carbocycles. The smallest absolute Gasteiger partial charge is 0.123 e. The van der Waals surface area contributed by atoms with Gasteiger partial charge in [-0.1, -0.05) is 72.8 Å². The van der Waals surface area contributed by atoms with Crippen LogP contribution in [0.4, 0.5) is 8.78 Å². The first kappa shape index (κ1) is 33.4. The fourth-order valence-electron chi connectivity index (χ4n) is 4.61. The van der Waals surface area contributed by atoms with Gasteiger partial charge in [0.25, 0.3) is 0 Å². The highest BCUT2D eigenvalue weighted by Crippen LogP contribution is 2.19. The third-order valence-electron chi connectivity index (χ3n) is 7.47. The van der Waals surface area contributed by atoms with Gasteiger partial charge in [0.2, 0.25) is 0 Å². The van der Waals surface area contributed by atoms with Crippen molar-refractivity contribution < 1.29 is 37.9 Å². The molecule has 0 aliphatic carbocycles. The molecule has 6 nitrogen and oxygen atoms in total. The van der Waals surface area contributed by atoms with Crippen molar-refractivity contribution in [3.8, 4) is 0 Å². The number of aliphatic hydroxyl groups excluding tert-OH is 2. The zero-order chi connectivity index (χ0) is 31.3. The van der Waals surface area contributed by atoms with E-state index in [1.807, 2.05) is 62.4 Å². The average Bonchev–Trinajstić information content (AvgIpc) is 3.03. The minimum Gasteiger partial charge on any atom is -0.388 e. The molecule has 0 saturated heterocycles. The Morgan fingerprint density at radius 2 is 0.886 bits per heavy atom. The summed E-state index contributed by atoms with van der Waals surface area (Å²) < 4.78 is 50.9. The summed E-state index contributed by atoms with van der Waals surface area (Å²) in [4.78, 5) is 0. The highest BCUT2D eigenvalue weighted by Gasteiger charge is 2.34. The molecule has 0 aliphatic rings. The van der Waals surface area contributed by atoms with Gasteiger partial charge < -0.3 is 29.2 Å². The SMILES string of the molecule is Cc1ccccc1COC[C@@H](OCc1ccc(F)cc1)[C@@H](O)[C@H](O)[C@@H](COCc1ccccc1C)OCc1ccc(F)cc1. The molecule has 4 aromatic rings. The van der Waals surface area contributed by atoms with Crippen molar-refractivity contribution in [3.05, 3.63) is 142 Å². The lowest BCUT2D eigenvalue weighted by atomic mass is 10.0. The molecule has 8 heteroatoms. The largest absolute Gasteiger partial charge is 0.388 e. The zero-order valence-corrected chi connectivity index (χ0v) is 25.1.